The van der Waals surface area contributed by atoms with Gasteiger partial charge in [0.05, 0.1) is 0 Å². The zero-order valence-electron chi connectivity index (χ0n) is 14.1. The predicted octanol–water partition coefficient (Wildman–Crippen LogP) is 2.46. The molecule has 3 rings (SSSR count). The molecular weight excluding hydrogens is 304 g/mol. The van der Waals surface area contributed by atoms with E-state index in [0.717, 1.165) is 48.7 Å². The van der Waals surface area contributed by atoms with Crippen LogP contribution in [-0.4, -0.2) is 32.3 Å². The second-order valence-electron chi connectivity index (χ2n) is 6.17. The van der Waals surface area contributed by atoms with E-state index >= 15 is 0 Å². The quantitative estimate of drug-likeness (QED) is 0.826. The van der Waals surface area contributed by atoms with E-state index in [4.69, 9.17) is 0 Å². The van der Waals surface area contributed by atoms with Gasteiger partial charge in [-0.15, -0.1) is 10.2 Å². The highest BCUT2D eigenvalue weighted by molar-refractivity contribution is 5.89. The molecule has 3 heterocycles. The maximum atomic E-state index is 11.9. The number of aryl methyl sites for hydroxylation is 3. The van der Waals surface area contributed by atoms with E-state index in [1.165, 1.54) is 19.3 Å². The maximum Gasteiger partial charge on any atom is 0.319 e. The number of nitrogens with zero attached hydrogens (tertiary/aromatic N) is 4. The lowest BCUT2D eigenvalue weighted by Crippen LogP contribution is -2.30. The van der Waals surface area contributed by atoms with Crippen LogP contribution in [0.1, 0.15) is 42.9 Å². The third-order valence-electron chi connectivity index (χ3n) is 4.32. The molecule has 0 bridgehead atoms. The summed E-state index contributed by atoms with van der Waals surface area (Å²) < 4.78 is 2.26. The van der Waals surface area contributed by atoms with Crippen LogP contribution in [0.15, 0.2) is 18.5 Å². The van der Waals surface area contributed by atoms with Gasteiger partial charge in [-0.25, -0.2) is 4.79 Å². The molecule has 1 aliphatic heterocycles. The van der Waals surface area contributed by atoms with E-state index in [9.17, 15) is 4.79 Å². The van der Waals surface area contributed by atoms with Gasteiger partial charge < -0.3 is 15.2 Å². The van der Waals surface area contributed by atoms with Crippen molar-refractivity contribution >= 4 is 11.7 Å². The molecule has 7 nitrogen and oxygen atoms in total. The summed E-state index contributed by atoms with van der Waals surface area (Å²) in [4.78, 5) is 15.9. The number of aromatic nitrogens is 4. The smallest absolute Gasteiger partial charge is 0.319 e. The third-order valence-corrected chi connectivity index (χ3v) is 4.32. The summed E-state index contributed by atoms with van der Waals surface area (Å²) in [7, 11) is 0. The fraction of sp³-hybridized carbons (Fsp3) is 0.529. The van der Waals surface area contributed by atoms with Gasteiger partial charge in [0, 0.05) is 44.0 Å². The van der Waals surface area contributed by atoms with Gasteiger partial charge >= 0.3 is 6.03 Å². The molecule has 0 saturated heterocycles. The largest absolute Gasteiger partial charge is 0.338 e. The Morgan fingerprint density at radius 1 is 1.29 bits per heavy atom. The molecule has 7 heteroatoms. The van der Waals surface area contributed by atoms with Gasteiger partial charge in [-0.05, 0) is 37.8 Å². The highest BCUT2D eigenvalue weighted by Gasteiger charge is 2.14. The van der Waals surface area contributed by atoms with Gasteiger partial charge in [-0.2, -0.15) is 0 Å². The summed E-state index contributed by atoms with van der Waals surface area (Å²) in [6.07, 6.45) is 9.77. The van der Waals surface area contributed by atoms with Crippen molar-refractivity contribution in [3.8, 4) is 0 Å². The number of carbonyl (C=O) groups excluding carboxylic acids is 1. The number of hydrogen-bond acceptors (Lipinski definition) is 4. The fourth-order valence-corrected chi connectivity index (χ4v) is 2.96. The summed E-state index contributed by atoms with van der Waals surface area (Å²) in [6.45, 7) is 3.55. The van der Waals surface area contributed by atoms with Crippen LogP contribution in [0.3, 0.4) is 0 Å². The lowest BCUT2D eigenvalue weighted by molar-refractivity contribution is 0.252. The van der Waals surface area contributed by atoms with Crippen LogP contribution in [0.4, 0.5) is 10.5 Å². The first kappa shape index (κ1) is 16.4. The maximum absolute atomic E-state index is 11.9. The van der Waals surface area contributed by atoms with E-state index in [0.29, 0.717) is 6.54 Å². The number of urea groups is 1. The number of carbonyl (C=O) groups is 1. The lowest BCUT2D eigenvalue weighted by Gasteiger charge is -2.10. The zero-order valence-corrected chi connectivity index (χ0v) is 14.1. The molecule has 0 unspecified atom stereocenters. The van der Waals surface area contributed by atoms with Crippen LogP contribution >= 0.6 is 0 Å². The molecular formula is C17H24N6O. The van der Waals surface area contributed by atoms with Crippen molar-refractivity contribution in [3.63, 3.8) is 0 Å². The third kappa shape index (κ3) is 4.10. The molecule has 2 aromatic rings. The second-order valence-corrected chi connectivity index (χ2v) is 6.17. The molecule has 2 N–H and O–H groups in total. The highest BCUT2D eigenvalue weighted by atomic mass is 16.2. The topological polar surface area (TPSA) is 84.7 Å². The van der Waals surface area contributed by atoms with Crippen LogP contribution in [-0.2, 0) is 19.4 Å². The van der Waals surface area contributed by atoms with Crippen LogP contribution in [0.25, 0.3) is 0 Å². The van der Waals surface area contributed by atoms with Crippen LogP contribution < -0.4 is 10.6 Å². The highest BCUT2D eigenvalue weighted by Crippen LogP contribution is 2.15. The Balaban J connectivity index is 1.43. The first-order valence-corrected chi connectivity index (χ1v) is 8.60. The summed E-state index contributed by atoms with van der Waals surface area (Å²) in [5.74, 6) is 2.15. The predicted molar refractivity (Wildman–Crippen MR) is 91.9 cm³/mol. The monoisotopic (exact) mass is 328 g/mol. The van der Waals surface area contributed by atoms with Gasteiger partial charge in [0.1, 0.15) is 11.6 Å². The molecule has 0 saturated carbocycles. The van der Waals surface area contributed by atoms with Crippen molar-refractivity contribution in [1.29, 1.82) is 0 Å². The van der Waals surface area contributed by atoms with Crippen LogP contribution in [0, 0.1) is 6.92 Å². The number of nitrogens with one attached hydrogen (secondary N) is 2. The van der Waals surface area contributed by atoms with Crippen molar-refractivity contribution in [3.05, 3.63) is 35.7 Å². The molecule has 0 fully saturated rings. The van der Waals surface area contributed by atoms with Crippen molar-refractivity contribution < 1.29 is 4.79 Å². The first-order chi connectivity index (χ1) is 11.7. The Hall–Kier alpha value is -2.44. The van der Waals surface area contributed by atoms with Gasteiger partial charge in [0.15, 0.2) is 0 Å². The van der Waals surface area contributed by atoms with Crippen LogP contribution in [0.5, 0.6) is 0 Å². The van der Waals surface area contributed by atoms with Gasteiger partial charge in [-0.1, -0.05) is 6.42 Å². The molecule has 0 radical (unpaired) electrons. The molecule has 0 aliphatic carbocycles. The number of hydrogen-bond donors (Lipinski definition) is 2. The summed E-state index contributed by atoms with van der Waals surface area (Å²) >= 11 is 0. The van der Waals surface area contributed by atoms with Crippen LogP contribution in [0.2, 0.25) is 0 Å². The SMILES string of the molecule is Cc1cnccc1NC(=O)NCCCc1nnc2n1CCCCC2. The fourth-order valence-electron chi connectivity index (χ4n) is 2.96. The minimum atomic E-state index is -0.190. The normalized spacial score (nSPS) is 13.9. The number of amides is 2. The Morgan fingerprint density at radius 3 is 3.08 bits per heavy atom. The molecule has 0 spiro atoms. The van der Waals surface area contributed by atoms with E-state index in [1.807, 2.05) is 6.92 Å². The Labute approximate surface area is 141 Å². The second kappa shape index (κ2) is 7.90. The average Bonchev–Trinajstić information content (AvgIpc) is 2.80. The van der Waals surface area contributed by atoms with E-state index in [-0.39, 0.29) is 6.03 Å². The molecule has 0 aromatic carbocycles. The van der Waals surface area contributed by atoms with Crippen molar-refractivity contribution in [1.82, 2.24) is 25.1 Å². The molecule has 2 aromatic heterocycles. The summed E-state index contributed by atoms with van der Waals surface area (Å²) in [5.41, 5.74) is 1.73. The number of fused-ring (bicyclic) bond motifs is 1. The zero-order chi connectivity index (χ0) is 16.8. The first-order valence-electron chi connectivity index (χ1n) is 8.60. The Morgan fingerprint density at radius 2 is 2.21 bits per heavy atom. The van der Waals surface area contributed by atoms with E-state index in [1.54, 1.807) is 18.5 Å². The summed E-state index contributed by atoms with van der Waals surface area (Å²) in [5, 5.41) is 14.3. The van der Waals surface area contributed by atoms with Gasteiger partial charge in [-0.3, -0.25) is 4.98 Å². The Bertz CT molecular complexity index is 696. The molecule has 128 valence electrons. The van der Waals surface area contributed by atoms with Crippen molar-refractivity contribution in [2.45, 2.75) is 52.0 Å². The number of rotatable bonds is 5. The Kier molecular flexibility index (Phi) is 5.40. The number of anilines is 1. The lowest BCUT2D eigenvalue weighted by atomic mass is 10.2. The molecule has 24 heavy (non-hydrogen) atoms. The minimum Gasteiger partial charge on any atom is -0.338 e. The van der Waals surface area contributed by atoms with Crippen molar-refractivity contribution in [2.24, 2.45) is 0 Å². The van der Waals surface area contributed by atoms with E-state index < -0.39 is 0 Å². The molecule has 2 amide bonds. The minimum absolute atomic E-state index is 0.190. The van der Waals surface area contributed by atoms with Gasteiger partial charge in [0.2, 0.25) is 0 Å². The number of pyridine rings is 1. The summed E-state index contributed by atoms with van der Waals surface area (Å²) in [6, 6.07) is 1.60. The molecule has 1 aliphatic rings. The van der Waals surface area contributed by atoms with Gasteiger partial charge in [0.25, 0.3) is 0 Å². The van der Waals surface area contributed by atoms with Crippen molar-refractivity contribution in [2.75, 3.05) is 11.9 Å². The standard InChI is InChI=1S/C17H24N6O/c1-13-12-18-10-8-14(13)20-17(24)19-9-5-7-16-22-21-15-6-3-2-4-11-23(15)16/h8,10,12H,2-7,9,11H2,1H3,(H2,18,19,20,24). The average molecular weight is 328 g/mol. The molecule has 0 atom stereocenters. The van der Waals surface area contributed by atoms with E-state index in [2.05, 4.69) is 30.4 Å².